The standard InChI is InChI=1S/C26H42N8O7/c27-13-5-4-9-18(23(38)34-20(25(40)41)10-6-14-31-26(29)30)33-24(39)19(11-12-21(35)36)32-22(37)17(28)15-16-7-2-1-3-8-16/h1-3,7-8,17-20H,4-6,9-15,27-28H2,(H,32,37)(H,33,39)(H,34,38)(H,35,36)(H,40,41)(H4,29,30,31). The summed E-state index contributed by atoms with van der Waals surface area (Å²) in [5.74, 6) is -4.85. The van der Waals surface area contributed by atoms with Gasteiger partial charge in [0.25, 0.3) is 0 Å². The van der Waals surface area contributed by atoms with E-state index in [4.69, 9.17) is 28.0 Å². The molecule has 15 nitrogen and oxygen atoms in total. The van der Waals surface area contributed by atoms with Gasteiger partial charge in [-0.2, -0.15) is 0 Å². The number of unbranched alkanes of at least 4 members (excludes halogenated alkanes) is 1. The zero-order valence-electron chi connectivity index (χ0n) is 23.0. The van der Waals surface area contributed by atoms with Crippen LogP contribution in [0.4, 0.5) is 0 Å². The van der Waals surface area contributed by atoms with Crippen molar-refractivity contribution < 1.29 is 34.2 Å². The summed E-state index contributed by atoms with van der Waals surface area (Å²) >= 11 is 0. The highest BCUT2D eigenvalue weighted by molar-refractivity contribution is 5.94. The van der Waals surface area contributed by atoms with Crippen molar-refractivity contribution in [2.45, 2.75) is 75.5 Å². The van der Waals surface area contributed by atoms with Gasteiger partial charge in [0, 0.05) is 13.0 Å². The predicted octanol–water partition coefficient (Wildman–Crippen LogP) is -1.86. The van der Waals surface area contributed by atoms with Crippen LogP contribution in [0.5, 0.6) is 0 Å². The van der Waals surface area contributed by atoms with Gasteiger partial charge in [0.15, 0.2) is 5.96 Å². The van der Waals surface area contributed by atoms with E-state index in [0.717, 1.165) is 5.56 Å². The van der Waals surface area contributed by atoms with E-state index in [1.54, 1.807) is 24.3 Å². The van der Waals surface area contributed by atoms with E-state index in [2.05, 4.69) is 20.9 Å². The van der Waals surface area contributed by atoms with Gasteiger partial charge in [-0.1, -0.05) is 30.3 Å². The van der Waals surface area contributed by atoms with Gasteiger partial charge in [-0.05, 0) is 57.1 Å². The Bertz CT molecular complexity index is 1030. The number of hydrogen-bond donors (Lipinski definition) is 9. The van der Waals surface area contributed by atoms with Crippen LogP contribution in [-0.2, 0) is 30.4 Å². The zero-order valence-corrected chi connectivity index (χ0v) is 23.0. The highest BCUT2D eigenvalue weighted by Gasteiger charge is 2.30. The van der Waals surface area contributed by atoms with Crippen molar-refractivity contribution in [1.82, 2.24) is 16.0 Å². The van der Waals surface area contributed by atoms with Crippen LogP contribution in [0.1, 0.15) is 50.5 Å². The number of guanidine groups is 1. The molecule has 0 aliphatic rings. The molecule has 3 amide bonds. The SMILES string of the molecule is NCCCCC(NC(=O)C(CCC(=O)O)NC(=O)C(N)Cc1ccccc1)C(=O)NC(CCCN=C(N)N)C(=O)O. The van der Waals surface area contributed by atoms with Crippen molar-refractivity contribution in [2.75, 3.05) is 13.1 Å². The summed E-state index contributed by atoms with van der Waals surface area (Å²) in [6.45, 7) is 0.497. The van der Waals surface area contributed by atoms with Crippen LogP contribution in [0.2, 0.25) is 0 Å². The van der Waals surface area contributed by atoms with Gasteiger partial charge in [-0.15, -0.1) is 0 Å². The molecule has 0 radical (unpaired) electrons. The minimum absolute atomic E-state index is 0.0257. The number of benzene rings is 1. The Hall–Kier alpha value is -4.24. The second-order valence-corrected chi connectivity index (χ2v) is 9.48. The lowest BCUT2D eigenvalue weighted by atomic mass is 10.0. The van der Waals surface area contributed by atoms with Gasteiger partial charge < -0.3 is 49.1 Å². The fourth-order valence-electron chi connectivity index (χ4n) is 3.84. The molecule has 0 aromatic heterocycles. The van der Waals surface area contributed by atoms with Crippen LogP contribution in [-0.4, -0.2) is 83.1 Å². The van der Waals surface area contributed by atoms with Crippen LogP contribution >= 0.6 is 0 Å². The van der Waals surface area contributed by atoms with E-state index in [-0.39, 0.29) is 44.6 Å². The number of carboxylic acid groups (broad SMARTS) is 2. The number of amides is 3. The second-order valence-electron chi connectivity index (χ2n) is 9.48. The fraction of sp³-hybridized carbons (Fsp3) is 0.538. The number of hydrogen-bond acceptors (Lipinski definition) is 8. The number of aliphatic imine (C=N–C) groups is 1. The molecule has 0 bridgehead atoms. The number of rotatable bonds is 20. The molecule has 15 heteroatoms. The molecule has 1 aromatic carbocycles. The monoisotopic (exact) mass is 578 g/mol. The molecular weight excluding hydrogens is 536 g/mol. The number of nitrogens with one attached hydrogen (secondary N) is 3. The topological polar surface area (TPSA) is 278 Å². The van der Waals surface area contributed by atoms with Gasteiger partial charge in [0.05, 0.1) is 6.04 Å². The molecule has 0 saturated heterocycles. The number of nitrogens with two attached hydrogens (primary N) is 4. The second kappa shape index (κ2) is 18.9. The summed E-state index contributed by atoms with van der Waals surface area (Å²) in [7, 11) is 0. The Morgan fingerprint density at radius 3 is 1.90 bits per heavy atom. The lowest BCUT2D eigenvalue weighted by molar-refractivity contribution is -0.142. The third kappa shape index (κ3) is 14.6. The molecule has 41 heavy (non-hydrogen) atoms. The molecule has 0 fully saturated rings. The summed E-state index contributed by atoms with van der Waals surface area (Å²) in [6, 6.07) is 4.20. The molecule has 0 aliphatic carbocycles. The number of nitrogens with zero attached hydrogens (tertiary/aromatic N) is 1. The van der Waals surface area contributed by atoms with E-state index in [0.29, 0.717) is 19.4 Å². The van der Waals surface area contributed by atoms with Crippen LogP contribution in [0.3, 0.4) is 0 Å². The number of carbonyl (C=O) groups is 5. The first-order valence-electron chi connectivity index (χ1n) is 13.3. The summed E-state index contributed by atoms with van der Waals surface area (Å²) < 4.78 is 0. The molecular formula is C26H42N8O7. The first-order chi connectivity index (χ1) is 19.4. The third-order valence-corrected chi connectivity index (χ3v) is 6.05. The van der Waals surface area contributed by atoms with E-state index in [1.165, 1.54) is 0 Å². The van der Waals surface area contributed by atoms with Crippen molar-refractivity contribution in [3.63, 3.8) is 0 Å². The minimum Gasteiger partial charge on any atom is -0.481 e. The van der Waals surface area contributed by atoms with Crippen molar-refractivity contribution in [3.05, 3.63) is 35.9 Å². The number of aliphatic carboxylic acids is 2. The maximum Gasteiger partial charge on any atom is 0.326 e. The van der Waals surface area contributed by atoms with Crippen LogP contribution < -0.4 is 38.9 Å². The van der Waals surface area contributed by atoms with E-state index < -0.39 is 60.2 Å². The highest BCUT2D eigenvalue weighted by Crippen LogP contribution is 2.08. The molecule has 4 unspecified atom stereocenters. The van der Waals surface area contributed by atoms with Gasteiger partial charge in [0.1, 0.15) is 18.1 Å². The van der Waals surface area contributed by atoms with Gasteiger partial charge in [-0.25, -0.2) is 4.79 Å². The lowest BCUT2D eigenvalue weighted by Gasteiger charge is -2.25. The summed E-state index contributed by atoms with van der Waals surface area (Å²) in [5.41, 5.74) is 22.9. The average Bonchev–Trinajstić information content (AvgIpc) is 2.91. The van der Waals surface area contributed by atoms with Crippen molar-refractivity contribution in [1.29, 1.82) is 0 Å². The molecule has 4 atom stereocenters. The predicted molar refractivity (Wildman–Crippen MR) is 151 cm³/mol. The van der Waals surface area contributed by atoms with Gasteiger partial charge >= 0.3 is 11.9 Å². The van der Waals surface area contributed by atoms with Crippen molar-refractivity contribution in [3.8, 4) is 0 Å². The normalized spacial score (nSPS) is 13.6. The van der Waals surface area contributed by atoms with Crippen molar-refractivity contribution >= 4 is 35.6 Å². The Labute approximate surface area is 238 Å². The molecule has 0 heterocycles. The van der Waals surface area contributed by atoms with Crippen LogP contribution in [0.15, 0.2) is 35.3 Å². The Kier molecular flexibility index (Phi) is 16.1. The van der Waals surface area contributed by atoms with Crippen LogP contribution in [0, 0.1) is 0 Å². The quantitative estimate of drug-likeness (QED) is 0.0470. The van der Waals surface area contributed by atoms with E-state index in [1.807, 2.05) is 6.07 Å². The maximum absolute atomic E-state index is 13.2. The Morgan fingerprint density at radius 2 is 1.34 bits per heavy atom. The van der Waals surface area contributed by atoms with Gasteiger partial charge in [-0.3, -0.25) is 24.2 Å². The zero-order chi connectivity index (χ0) is 30.8. The number of carbonyl (C=O) groups excluding carboxylic acids is 3. The Morgan fingerprint density at radius 1 is 0.780 bits per heavy atom. The first kappa shape index (κ1) is 34.8. The smallest absolute Gasteiger partial charge is 0.326 e. The molecule has 228 valence electrons. The van der Waals surface area contributed by atoms with E-state index in [9.17, 15) is 29.1 Å². The molecule has 0 aliphatic heterocycles. The molecule has 0 saturated carbocycles. The average molecular weight is 579 g/mol. The summed E-state index contributed by atoms with van der Waals surface area (Å²) in [6.07, 6.45) is 0.882. The third-order valence-electron chi connectivity index (χ3n) is 6.05. The highest BCUT2D eigenvalue weighted by atomic mass is 16.4. The van der Waals surface area contributed by atoms with Gasteiger partial charge in [0.2, 0.25) is 17.7 Å². The largest absolute Gasteiger partial charge is 0.481 e. The summed E-state index contributed by atoms with van der Waals surface area (Å²) in [4.78, 5) is 65.7. The first-order valence-corrected chi connectivity index (χ1v) is 13.3. The lowest BCUT2D eigenvalue weighted by Crippen LogP contribution is -2.57. The molecule has 1 rings (SSSR count). The molecule has 13 N–H and O–H groups in total. The summed E-state index contributed by atoms with van der Waals surface area (Å²) in [5, 5.41) is 26.1. The number of carboxylic acids is 2. The molecule has 0 spiro atoms. The minimum atomic E-state index is -1.31. The Balaban J connectivity index is 2.98. The van der Waals surface area contributed by atoms with E-state index >= 15 is 0 Å². The molecule has 1 aromatic rings. The van der Waals surface area contributed by atoms with Crippen molar-refractivity contribution in [2.24, 2.45) is 27.9 Å². The maximum atomic E-state index is 13.2. The fourth-order valence-corrected chi connectivity index (χ4v) is 3.84. The van der Waals surface area contributed by atoms with Crippen LogP contribution in [0.25, 0.3) is 0 Å².